The first-order valence-electron chi connectivity index (χ1n) is 9.80. The number of benzene rings is 2. The molecule has 0 saturated carbocycles. The number of aromatic amines is 1. The fourth-order valence-corrected chi connectivity index (χ4v) is 2.86. The van der Waals surface area contributed by atoms with Crippen molar-refractivity contribution < 1.29 is 28.6 Å². The second-order valence-electron chi connectivity index (χ2n) is 6.56. The van der Waals surface area contributed by atoms with Gasteiger partial charge in [-0.2, -0.15) is 4.68 Å². The van der Waals surface area contributed by atoms with Crippen LogP contribution < -0.4 is 25.9 Å². The number of nitrogens with zero attached hydrogens (tertiary/aromatic N) is 1. The molecule has 2 aromatic carbocycles. The highest BCUT2D eigenvalue weighted by Crippen LogP contribution is 2.15. The SMILES string of the molecule is CCOC(=O)c1c(NNC(=O)c2ccc(OC)cc2)[nH]n(C(=O)c2ccc(OC)cc2)c1=O. The molecule has 1 aromatic heterocycles. The Hall–Kier alpha value is -4.54. The van der Waals surface area contributed by atoms with Gasteiger partial charge in [0.05, 0.1) is 20.8 Å². The van der Waals surface area contributed by atoms with E-state index in [9.17, 15) is 19.2 Å². The number of amides is 1. The predicted molar refractivity (Wildman–Crippen MR) is 118 cm³/mol. The third-order valence-electron chi connectivity index (χ3n) is 4.56. The maximum Gasteiger partial charge on any atom is 0.347 e. The number of anilines is 1. The van der Waals surface area contributed by atoms with Gasteiger partial charge in [0.15, 0.2) is 11.4 Å². The third kappa shape index (κ3) is 5.03. The second-order valence-corrected chi connectivity index (χ2v) is 6.56. The Kier molecular flexibility index (Phi) is 7.13. The van der Waals surface area contributed by atoms with E-state index in [0.717, 1.165) is 0 Å². The van der Waals surface area contributed by atoms with Crippen LogP contribution in [0.15, 0.2) is 53.3 Å². The molecule has 0 unspecified atom stereocenters. The third-order valence-corrected chi connectivity index (χ3v) is 4.56. The van der Waals surface area contributed by atoms with E-state index < -0.39 is 28.9 Å². The average Bonchev–Trinajstić information content (AvgIpc) is 3.18. The number of carbonyl (C=O) groups is 3. The van der Waals surface area contributed by atoms with Crippen molar-refractivity contribution in [2.24, 2.45) is 0 Å². The minimum atomic E-state index is -0.957. The standard InChI is InChI=1S/C22H22N4O7/c1-4-33-22(30)17-18(23-24-19(27)13-5-9-15(31-2)10-6-13)25-26(21(17)29)20(28)14-7-11-16(32-3)12-8-14/h5-12,23,25H,4H2,1-3H3,(H,24,27). The number of hydrazine groups is 1. The zero-order valence-corrected chi connectivity index (χ0v) is 18.1. The predicted octanol–water partition coefficient (Wildman–Crippen LogP) is 1.82. The molecule has 1 amide bonds. The molecule has 11 heteroatoms. The van der Waals surface area contributed by atoms with Crippen LogP contribution in [0.2, 0.25) is 0 Å². The number of rotatable bonds is 8. The summed E-state index contributed by atoms with van der Waals surface area (Å²) in [5.41, 5.74) is 3.92. The number of methoxy groups -OCH3 is 2. The smallest absolute Gasteiger partial charge is 0.347 e. The molecule has 11 nitrogen and oxygen atoms in total. The summed E-state index contributed by atoms with van der Waals surface area (Å²) < 4.78 is 15.7. The Morgan fingerprint density at radius 2 is 1.45 bits per heavy atom. The van der Waals surface area contributed by atoms with Gasteiger partial charge in [0.25, 0.3) is 17.4 Å². The van der Waals surface area contributed by atoms with Crippen LogP contribution in [0.5, 0.6) is 11.5 Å². The molecule has 1 heterocycles. The number of carbonyl (C=O) groups excluding carboxylic acids is 3. The number of hydrogen-bond acceptors (Lipinski definition) is 8. The van der Waals surface area contributed by atoms with Crippen LogP contribution in [0.4, 0.5) is 5.82 Å². The van der Waals surface area contributed by atoms with Gasteiger partial charge in [-0.1, -0.05) is 0 Å². The average molecular weight is 454 g/mol. The molecule has 3 N–H and O–H groups in total. The molecule has 0 radical (unpaired) electrons. The normalized spacial score (nSPS) is 10.3. The van der Waals surface area contributed by atoms with Crippen LogP contribution in [0.25, 0.3) is 0 Å². The van der Waals surface area contributed by atoms with E-state index in [0.29, 0.717) is 16.2 Å². The van der Waals surface area contributed by atoms with Gasteiger partial charge in [-0.3, -0.25) is 30.3 Å². The summed E-state index contributed by atoms with van der Waals surface area (Å²) in [5, 5.41) is 2.52. The van der Waals surface area contributed by atoms with Crippen LogP contribution in [-0.2, 0) is 4.74 Å². The molecule has 0 aliphatic heterocycles. The van der Waals surface area contributed by atoms with Gasteiger partial charge in [-0.25, -0.2) is 4.79 Å². The van der Waals surface area contributed by atoms with E-state index >= 15 is 0 Å². The van der Waals surface area contributed by atoms with Crippen molar-refractivity contribution in [3.05, 3.63) is 75.6 Å². The van der Waals surface area contributed by atoms with Gasteiger partial charge in [0.1, 0.15) is 11.5 Å². The topological polar surface area (TPSA) is 141 Å². The molecule has 33 heavy (non-hydrogen) atoms. The first-order chi connectivity index (χ1) is 15.9. The first kappa shape index (κ1) is 23.1. The van der Waals surface area contributed by atoms with Crippen LogP contribution in [0.1, 0.15) is 38.0 Å². The summed E-state index contributed by atoms with van der Waals surface area (Å²) in [6, 6.07) is 12.3. The summed E-state index contributed by atoms with van der Waals surface area (Å²) in [6.07, 6.45) is 0. The fraction of sp³-hybridized carbons (Fsp3) is 0.182. The molecule has 0 spiro atoms. The summed E-state index contributed by atoms with van der Waals surface area (Å²) >= 11 is 0. The lowest BCUT2D eigenvalue weighted by Crippen LogP contribution is -2.31. The first-order valence-corrected chi connectivity index (χ1v) is 9.80. The minimum Gasteiger partial charge on any atom is -0.497 e. The number of ether oxygens (including phenoxy) is 3. The monoisotopic (exact) mass is 454 g/mol. The minimum absolute atomic E-state index is 0.00747. The molecule has 3 rings (SSSR count). The fourth-order valence-electron chi connectivity index (χ4n) is 2.86. The highest BCUT2D eigenvalue weighted by Gasteiger charge is 2.26. The van der Waals surface area contributed by atoms with E-state index in [1.807, 2.05) is 0 Å². The van der Waals surface area contributed by atoms with Gasteiger partial charge in [0, 0.05) is 11.1 Å². The number of aromatic nitrogens is 2. The number of esters is 1. The Bertz CT molecular complexity index is 1210. The number of hydrogen-bond donors (Lipinski definition) is 3. The van der Waals surface area contributed by atoms with Crippen molar-refractivity contribution in [1.29, 1.82) is 0 Å². The van der Waals surface area contributed by atoms with Gasteiger partial charge in [-0.15, -0.1) is 0 Å². The Balaban J connectivity index is 1.89. The van der Waals surface area contributed by atoms with Crippen LogP contribution in [-0.4, -0.2) is 48.4 Å². The molecular formula is C22H22N4O7. The molecule has 0 aliphatic rings. The van der Waals surface area contributed by atoms with E-state index in [2.05, 4.69) is 16.0 Å². The van der Waals surface area contributed by atoms with Crippen LogP contribution >= 0.6 is 0 Å². The second kappa shape index (κ2) is 10.2. The summed E-state index contributed by atoms with van der Waals surface area (Å²) in [7, 11) is 2.98. The lowest BCUT2D eigenvalue weighted by atomic mass is 10.2. The van der Waals surface area contributed by atoms with E-state index in [1.165, 1.54) is 38.5 Å². The quantitative estimate of drug-likeness (QED) is 0.346. The highest BCUT2D eigenvalue weighted by atomic mass is 16.5. The molecular weight excluding hydrogens is 432 g/mol. The van der Waals surface area contributed by atoms with Crippen molar-refractivity contribution in [3.63, 3.8) is 0 Å². The maximum atomic E-state index is 12.8. The zero-order valence-electron chi connectivity index (χ0n) is 18.1. The Labute approximate surface area is 188 Å². The van der Waals surface area contributed by atoms with Crippen molar-refractivity contribution in [1.82, 2.24) is 15.2 Å². The number of nitrogens with one attached hydrogen (secondary N) is 3. The van der Waals surface area contributed by atoms with Crippen LogP contribution in [0, 0.1) is 0 Å². The molecule has 0 saturated heterocycles. The molecule has 0 fully saturated rings. The van der Waals surface area contributed by atoms with Gasteiger partial charge in [0.2, 0.25) is 0 Å². The molecule has 0 aliphatic carbocycles. The summed E-state index contributed by atoms with van der Waals surface area (Å²) in [5.74, 6) is -1.34. The molecule has 0 bridgehead atoms. The van der Waals surface area contributed by atoms with Crippen molar-refractivity contribution in [2.45, 2.75) is 6.92 Å². The van der Waals surface area contributed by atoms with Crippen molar-refractivity contribution >= 4 is 23.6 Å². The largest absolute Gasteiger partial charge is 0.497 e. The van der Waals surface area contributed by atoms with E-state index in [1.54, 1.807) is 31.2 Å². The Morgan fingerprint density at radius 1 is 0.909 bits per heavy atom. The summed E-state index contributed by atoms with van der Waals surface area (Å²) in [4.78, 5) is 50.5. The molecule has 3 aromatic rings. The van der Waals surface area contributed by atoms with E-state index in [-0.39, 0.29) is 23.6 Å². The lowest BCUT2D eigenvalue weighted by molar-refractivity contribution is 0.0525. The summed E-state index contributed by atoms with van der Waals surface area (Å²) in [6.45, 7) is 1.58. The van der Waals surface area contributed by atoms with Gasteiger partial charge >= 0.3 is 5.97 Å². The van der Waals surface area contributed by atoms with Gasteiger partial charge < -0.3 is 14.2 Å². The molecule has 172 valence electrons. The lowest BCUT2D eigenvalue weighted by Gasteiger charge is -2.09. The highest BCUT2D eigenvalue weighted by molar-refractivity contribution is 6.00. The Morgan fingerprint density at radius 3 is 1.97 bits per heavy atom. The maximum absolute atomic E-state index is 12.8. The van der Waals surface area contributed by atoms with Crippen molar-refractivity contribution in [3.8, 4) is 11.5 Å². The van der Waals surface area contributed by atoms with E-state index in [4.69, 9.17) is 14.2 Å². The molecule has 0 atom stereocenters. The van der Waals surface area contributed by atoms with Crippen LogP contribution in [0.3, 0.4) is 0 Å². The zero-order chi connectivity index (χ0) is 24.0. The number of H-pyrrole nitrogens is 1. The van der Waals surface area contributed by atoms with Crippen molar-refractivity contribution in [2.75, 3.05) is 26.3 Å². The van der Waals surface area contributed by atoms with Gasteiger partial charge in [-0.05, 0) is 55.5 Å².